The molecule has 2 aliphatic rings. The second-order valence-corrected chi connectivity index (χ2v) is 8.29. The number of hydrogen-bond acceptors (Lipinski definition) is 4. The molecule has 5 heteroatoms. The molecule has 0 saturated carbocycles. The lowest BCUT2D eigenvalue weighted by molar-refractivity contribution is -0.165. The van der Waals surface area contributed by atoms with Gasteiger partial charge in [-0.2, -0.15) is 0 Å². The summed E-state index contributed by atoms with van der Waals surface area (Å²) in [6.45, 7) is 8.16. The summed E-state index contributed by atoms with van der Waals surface area (Å²) in [7, 11) is 0. The summed E-state index contributed by atoms with van der Waals surface area (Å²) in [6, 6.07) is 9.91. The van der Waals surface area contributed by atoms with Gasteiger partial charge in [-0.05, 0) is 39.2 Å². The van der Waals surface area contributed by atoms with Crippen LogP contribution in [0.15, 0.2) is 30.3 Å². The number of fused-ring (bicyclic) bond motifs is 1. The van der Waals surface area contributed by atoms with Gasteiger partial charge in [0.2, 0.25) is 5.91 Å². The van der Waals surface area contributed by atoms with Crippen LogP contribution in [0.3, 0.4) is 0 Å². The lowest BCUT2D eigenvalue weighted by Gasteiger charge is -2.41. The van der Waals surface area contributed by atoms with E-state index in [0.29, 0.717) is 13.0 Å². The first kappa shape index (κ1) is 18.9. The number of nitrogens with zero attached hydrogens (tertiary/aromatic N) is 1. The maximum absolute atomic E-state index is 13.2. The lowest BCUT2D eigenvalue weighted by atomic mass is 9.83. The molecule has 0 N–H and O–H groups in total. The van der Waals surface area contributed by atoms with Crippen molar-refractivity contribution in [3.63, 3.8) is 0 Å². The van der Waals surface area contributed by atoms with E-state index < -0.39 is 5.60 Å². The van der Waals surface area contributed by atoms with Crippen molar-refractivity contribution in [1.82, 2.24) is 4.90 Å². The third-order valence-corrected chi connectivity index (χ3v) is 5.17. The SMILES string of the molecule is CC[C@@H]1C[C@H](CC(=O)OC(C)(C)C)C(=O)N2[C@H](c3ccccc3)CO[C@@H]12. The fourth-order valence-corrected chi connectivity index (χ4v) is 4.02. The van der Waals surface area contributed by atoms with Gasteiger partial charge in [-0.3, -0.25) is 9.59 Å². The zero-order chi connectivity index (χ0) is 18.9. The number of carbonyl (C=O) groups excluding carboxylic acids is 2. The highest BCUT2D eigenvalue weighted by Crippen LogP contribution is 2.42. The Morgan fingerprint density at radius 3 is 2.58 bits per heavy atom. The monoisotopic (exact) mass is 359 g/mol. The molecule has 1 aromatic carbocycles. The number of rotatable bonds is 4. The summed E-state index contributed by atoms with van der Waals surface area (Å²) in [5.74, 6) is -0.384. The highest BCUT2D eigenvalue weighted by molar-refractivity contribution is 5.85. The van der Waals surface area contributed by atoms with Crippen LogP contribution < -0.4 is 0 Å². The molecule has 0 spiro atoms. The Kier molecular flexibility index (Phi) is 5.37. The van der Waals surface area contributed by atoms with Crippen LogP contribution in [0, 0.1) is 11.8 Å². The standard InChI is InChI=1S/C21H29NO4/c1-5-14-11-16(12-18(23)26-21(2,3)4)19(24)22-17(13-25-20(14)22)15-9-7-6-8-10-15/h6-10,14,16-17,20H,5,11-13H2,1-4H3/t14-,16-,17+,20+/m1/s1. The number of carbonyl (C=O) groups is 2. The number of benzene rings is 1. The molecule has 1 amide bonds. The first-order chi connectivity index (χ1) is 12.3. The third kappa shape index (κ3) is 3.93. The minimum atomic E-state index is -0.537. The molecule has 0 radical (unpaired) electrons. The van der Waals surface area contributed by atoms with E-state index in [2.05, 4.69) is 6.92 Å². The molecule has 2 saturated heterocycles. The maximum atomic E-state index is 13.2. The summed E-state index contributed by atoms with van der Waals surface area (Å²) < 4.78 is 11.5. The van der Waals surface area contributed by atoms with Crippen LogP contribution in [0.4, 0.5) is 0 Å². The number of esters is 1. The zero-order valence-corrected chi connectivity index (χ0v) is 16.1. The molecule has 3 rings (SSSR count). The van der Waals surface area contributed by atoms with Crippen LogP contribution in [0.25, 0.3) is 0 Å². The molecule has 0 aliphatic carbocycles. The van der Waals surface area contributed by atoms with E-state index in [1.54, 1.807) is 0 Å². The van der Waals surface area contributed by atoms with Gasteiger partial charge in [-0.25, -0.2) is 0 Å². The van der Waals surface area contributed by atoms with Gasteiger partial charge in [0.25, 0.3) is 0 Å². The third-order valence-electron chi connectivity index (χ3n) is 5.17. The Morgan fingerprint density at radius 1 is 1.27 bits per heavy atom. The smallest absolute Gasteiger partial charge is 0.307 e. The fraction of sp³-hybridized carbons (Fsp3) is 0.619. The molecule has 0 unspecified atom stereocenters. The fourth-order valence-electron chi connectivity index (χ4n) is 4.02. The van der Waals surface area contributed by atoms with Crippen LogP contribution in [0.2, 0.25) is 0 Å². The van der Waals surface area contributed by atoms with Gasteiger partial charge < -0.3 is 14.4 Å². The van der Waals surface area contributed by atoms with Crippen LogP contribution in [-0.2, 0) is 19.1 Å². The van der Waals surface area contributed by atoms with Crippen molar-refractivity contribution < 1.29 is 19.1 Å². The van der Waals surface area contributed by atoms with Crippen molar-refractivity contribution in [2.75, 3.05) is 6.61 Å². The summed E-state index contributed by atoms with van der Waals surface area (Å²) >= 11 is 0. The molecule has 5 nitrogen and oxygen atoms in total. The van der Waals surface area contributed by atoms with Crippen molar-refractivity contribution in [2.24, 2.45) is 11.8 Å². The largest absolute Gasteiger partial charge is 0.460 e. The van der Waals surface area contributed by atoms with Crippen molar-refractivity contribution in [3.8, 4) is 0 Å². The minimum absolute atomic E-state index is 0.0110. The normalized spacial score (nSPS) is 28.8. The van der Waals surface area contributed by atoms with E-state index in [0.717, 1.165) is 12.0 Å². The molecule has 2 heterocycles. The van der Waals surface area contributed by atoms with E-state index in [1.807, 2.05) is 56.0 Å². The van der Waals surface area contributed by atoms with Gasteiger partial charge >= 0.3 is 5.97 Å². The van der Waals surface area contributed by atoms with Crippen molar-refractivity contribution in [2.45, 2.75) is 64.8 Å². The Labute approximate surface area is 155 Å². The van der Waals surface area contributed by atoms with Gasteiger partial charge in [0.1, 0.15) is 11.8 Å². The first-order valence-electron chi connectivity index (χ1n) is 9.50. The average Bonchev–Trinajstić information content (AvgIpc) is 3.02. The summed E-state index contributed by atoms with van der Waals surface area (Å²) in [4.78, 5) is 27.4. The van der Waals surface area contributed by atoms with Crippen LogP contribution in [0.5, 0.6) is 0 Å². The summed E-state index contributed by atoms with van der Waals surface area (Å²) in [5.41, 5.74) is 0.543. The Morgan fingerprint density at radius 2 is 1.96 bits per heavy atom. The van der Waals surface area contributed by atoms with Crippen LogP contribution in [-0.4, -0.2) is 35.2 Å². The predicted molar refractivity (Wildman–Crippen MR) is 98.1 cm³/mol. The summed E-state index contributed by atoms with van der Waals surface area (Å²) in [5, 5.41) is 0. The van der Waals surface area contributed by atoms with Gasteiger partial charge in [-0.15, -0.1) is 0 Å². The highest BCUT2D eigenvalue weighted by Gasteiger charge is 2.49. The van der Waals surface area contributed by atoms with Crippen molar-refractivity contribution in [1.29, 1.82) is 0 Å². The van der Waals surface area contributed by atoms with E-state index in [4.69, 9.17) is 9.47 Å². The maximum Gasteiger partial charge on any atom is 0.307 e. The number of piperidine rings is 1. The molecule has 4 atom stereocenters. The molecule has 1 aromatic rings. The predicted octanol–water partition coefficient (Wildman–Crippen LogP) is 3.69. The molecular formula is C21H29NO4. The minimum Gasteiger partial charge on any atom is -0.460 e. The highest BCUT2D eigenvalue weighted by atomic mass is 16.6. The molecule has 2 fully saturated rings. The number of amides is 1. The quantitative estimate of drug-likeness (QED) is 0.770. The van der Waals surface area contributed by atoms with E-state index in [1.165, 1.54) is 0 Å². The van der Waals surface area contributed by atoms with Gasteiger partial charge in [0.05, 0.1) is 19.1 Å². The first-order valence-corrected chi connectivity index (χ1v) is 9.50. The van der Waals surface area contributed by atoms with Crippen molar-refractivity contribution in [3.05, 3.63) is 35.9 Å². The lowest BCUT2D eigenvalue weighted by Crippen LogP contribution is -2.51. The van der Waals surface area contributed by atoms with Gasteiger partial charge in [0.15, 0.2) is 0 Å². The average molecular weight is 359 g/mol. The molecule has 0 aromatic heterocycles. The van der Waals surface area contributed by atoms with Crippen molar-refractivity contribution >= 4 is 11.9 Å². The number of hydrogen-bond donors (Lipinski definition) is 0. The van der Waals surface area contributed by atoms with E-state index in [-0.39, 0.29) is 42.4 Å². The number of ether oxygens (including phenoxy) is 2. The van der Waals surface area contributed by atoms with Gasteiger partial charge in [-0.1, -0.05) is 37.3 Å². The Hall–Kier alpha value is -1.88. The van der Waals surface area contributed by atoms with Gasteiger partial charge in [0, 0.05) is 11.8 Å². The second-order valence-electron chi connectivity index (χ2n) is 8.29. The van der Waals surface area contributed by atoms with Crippen LogP contribution >= 0.6 is 0 Å². The topological polar surface area (TPSA) is 55.8 Å². The zero-order valence-electron chi connectivity index (χ0n) is 16.1. The van der Waals surface area contributed by atoms with Crippen LogP contribution in [0.1, 0.15) is 58.6 Å². The molecular weight excluding hydrogens is 330 g/mol. The molecule has 0 bridgehead atoms. The molecule has 26 heavy (non-hydrogen) atoms. The molecule has 2 aliphatic heterocycles. The molecule has 142 valence electrons. The van der Waals surface area contributed by atoms with E-state index in [9.17, 15) is 9.59 Å². The Bertz CT molecular complexity index is 652. The Balaban J connectivity index is 1.80. The summed E-state index contributed by atoms with van der Waals surface area (Å²) in [6.07, 6.45) is 1.54. The van der Waals surface area contributed by atoms with E-state index >= 15 is 0 Å². The second kappa shape index (κ2) is 7.39.